The second kappa shape index (κ2) is 8.86. The summed E-state index contributed by atoms with van der Waals surface area (Å²) in [5.74, 6) is -0.164. The number of H-pyrrole nitrogens is 1. The Balaban J connectivity index is 1.65. The summed E-state index contributed by atoms with van der Waals surface area (Å²) < 4.78 is 11.6. The van der Waals surface area contributed by atoms with Gasteiger partial charge in [0.25, 0.3) is 5.91 Å². The summed E-state index contributed by atoms with van der Waals surface area (Å²) in [5, 5.41) is 0. The number of amides is 1. The number of hydrogen-bond donors (Lipinski definition) is 1. The minimum atomic E-state index is -0.274. The van der Waals surface area contributed by atoms with E-state index in [1.165, 1.54) is 6.07 Å². The van der Waals surface area contributed by atoms with Crippen LogP contribution in [0.4, 0.5) is 0 Å². The van der Waals surface area contributed by atoms with Crippen LogP contribution < -0.4 is 5.56 Å². The fourth-order valence-corrected chi connectivity index (χ4v) is 4.07. The molecule has 1 amide bonds. The molecule has 8 nitrogen and oxygen atoms in total. The van der Waals surface area contributed by atoms with Crippen molar-refractivity contribution in [1.29, 1.82) is 0 Å². The predicted molar refractivity (Wildman–Crippen MR) is 107 cm³/mol. The van der Waals surface area contributed by atoms with Gasteiger partial charge in [-0.05, 0) is 24.6 Å². The fraction of sp³-hybridized carbons (Fsp3) is 0.476. The molecule has 0 aromatic carbocycles. The first kappa shape index (κ1) is 19.8. The number of aryl methyl sites for hydroxylation is 1. The van der Waals surface area contributed by atoms with Crippen LogP contribution in [0.15, 0.2) is 41.5 Å². The first-order chi connectivity index (χ1) is 14.1. The van der Waals surface area contributed by atoms with Crippen molar-refractivity contribution in [2.24, 2.45) is 0 Å². The topological polar surface area (TPSA) is 87.8 Å². The number of carbonyl (C=O) groups excluding carboxylic acids is 1. The average Bonchev–Trinajstić information content (AvgIpc) is 2.74. The summed E-state index contributed by atoms with van der Waals surface area (Å²) in [7, 11) is 0. The molecule has 0 saturated carbocycles. The quantitative estimate of drug-likeness (QED) is 0.827. The maximum absolute atomic E-state index is 13.4. The molecule has 2 atom stereocenters. The van der Waals surface area contributed by atoms with Gasteiger partial charge < -0.3 is 19.4 Å². The minimum absolute atomic E-state index is 0.164. The van der Waals surface area contributed by atoms with Gasteiger partial charge in [0.05, 0.1) is 32.0 Å². The van der Waals surface area contributed by atoms with Crippen molar-refractivity contribution in [3.63, 3.8) is 0 Å². The number of carbonyl (C=O) groups is 1. The number of nitrogens with zero attached hydrogens (tertiary/aromatic N) is 3. The standard InChI is InChI=1S/C21H26N4O4/c1-15-11-17(12-19(26)23-15)21(27)25-7-10-29-18(14-24-5-8-28-9-6-24)20(25)16-3-2-4-22-13-16/h2-4,11-13,18,20H,5-10,14H2,1H3,(H,23,26)/t18-,20-/m0/s1. The lowest BCUT2D eigenvalue weighted by molar-refractivity contribution is -0.0819. The minimum Gasteiger partial charge on any atom is -0.379 e. The Morgan fingerprint density at radius 3 is 2.79 bits per heavy atom. The molecular formula is C21H26N4O4. The van der Waals surface area contributed by atoms with Gasteiger partial charge in [-0.25, -0.2) is 0 Å². The summed E-state index contributed by atoms with van der Waals surface area (Å²) in [5.41, 5.74) is 1.72. The highest BCUT2D eigenvalue weighted by Crippen LogP contribution is 2.31. The van der Waals surface area contributed by atoms with Gasteiger partial charge in [0.2, 0.25) is 5.56 Å². The highest BCUT2D eigenvalue weighted by atomic mass is 16.5. The summed E-state index contributed by atoms with van der Waals surface area (Å²) in [6.45, 7) is 6.52. The first-order valence-corrected chi connectivity index (χ1v) is 9.95. The summed E-state index contributed by atoms with van der Waals surface area (Å²) >= 11 is 0. The number of morpholine rings is 2. The van der Waals surface area contributed by atoms with Crippen LogP contribution in [0, 0.1) is 6.92 Å². The second-order valence-corrected chi connectivity index (χ2v) is 7.47. The molecule has 2 fully saturated rings. The zero-order valence-electron chi connectivity index (χ0n) is 16.5. The van der Waals surface area contributed by atoms with E-state index in [0.29, 0.717) is 44.2 Å². The average molecular weight is 398 g/mol. The van der Waals surface area contributed by atoms with Gasteiger partial charge in [0.1, 0.15) is 0 Å². The van der Waals surface area contributed by atoms with Gasteiger partial charge in [-0.1, -0.05) is 6.07 Å². The third kappa shape index (κ3) is 4.55. The molecule has 2 aliphatic heterocycles. The van der Waals surface area contributed by atoms with Crippen LogP contribution in [0.3, 0.4) is 0 Å². The smallest absolute Gasteiger partial charge is 0.254 e. The second-order valence-electron chi connectivity index (χ2n) is 7.47. The van der Waals surface area contributed by atoms with E-state index < -0.39 is 0 Å². The molecule has 8 heteroatoms. The van der Waals surface area contributed by atoms with Crippen LogP contribution in [0.25, 0.3) is 0 Å². The van der Waals surface area contributed by atoms with Crippen LogP contribution in [0.1, 0.15) is 27.7 Å². The number of ether oxygens (including phenoxy) is 2. The largest absolute Gasteiger partial charge is 0.379 e. The Morgan fingerprint density at radius 2 is 2.07 bits per heavy atom. The number of pyridine rings is 2. The number of nitrogens with one attached hydrogen (secondary N) is 1. The molecule has 0 bridgehead atoms. The Morgan fingerprint density at radius 1 is 1.24 bits per heavy atom. The van der Waals surface area contributed by atoms with E-state index in [1.54, 1.807) is 25.4 Å². The number of aromatic nitrogens is 2. The molecule has 2 aromatic rings. The lowest BCUT2D eigenvalue weighted by atomic mass is 9.97. The maximum atomic E-state index is 13.4. The van der Waals surface area contributed by atoms with Crippen molar-refractivity contribution in [3.05, 3.63) is 63.8 Å². The summed E-state index contributed by atoms with van der Waals surface area (Å²) in [6, 6.07) is 6.66. The highest BCUT2D eigenvalue weighted by Gasteiger charge is 2.38. The predicted octanol–water partition coefficient (Wildman–Crippen LogP) is 0.993. The van der Waals surface area contributed by atoms with Crippen molar-refractivity contribution < 1.29 is 14.3 Å². The van der Waals surface area contributed by atoms with Crippen molar-refractivity contribution in [2.75, 3.05) is 46.0 Å². The van der Waals surface area contributed by atoms with E-state index >= 15 is 0 Å². The van der Waals surface area contributed by atoms with E-state index in [-0.39, 0.29) is 23.6 Å². The Labute approximate surface area is 169 Å². The van der Waals surface area contributed by atoms with Gasteiger partial charge >= 0.3 is 0 Å². The van der Waals surface area contributed by atoms with E-state index in [0.717, 1.165) is 18.7 Å². The molecule has 2 aromatic heterocycles. The molecule has 0 aliphatic carbocycles. The monoisotopic (exact) mass is 398 g/mol. The summed E-state index contributed by atoms with van der Waals surface area (Å²) in [4.78, 5) is 36.4. The summed E-state index contributed by atoms with van der Waals surface area (Å²) in [6.07, 6.45) is 3.32. The number of aromatic amines is 1. The SMILES string of the molecule is Cc1cc(C(=O)N2CCO[C@@H](CN3CCOCC3)[C@@H]2c2cccnc2)cc(=O)[nH]1. The van der Waals surface area contributed by atoms with E-state index in [1.807, 2.05) is 17.0 Å². The van der Waals surface area contributed by atoms with Crippen LogP contribution >= 0.6 is 0 Å². The zero-order chi connectivity index (χ0) is 20.2. The Bertz CT molecular complexity index is 895. The molecule has 0 radical (unpaired) electrons. The third-order valence-electron chi connectivity index (χ3n) is 5.41. The first-order valence-electron chi connectivity index (χ1n) is 9.95. The van der Waals surface area contributed by atoms with Crippen molar-refractivity contribution >= 4 is 5.91 Å². The molecule has 154 valence electrons. The Kier molecular flexibility index (Phi) is 6.03. The van der Waals surface area contributed by atoms with E-state index in [9.17, 15) is 9.59 Å². The van der Waals surface area contributed by atoms with Gasteiger partial charge in [-0.15, -0.1) is 0 Å². The molecule has 4 heterocycles. The van der Waals surface area contributed by atoms with Gasteiger partial charge in [0.15, 0.2) is 0 Å². The maximum Gasteiger partial charge on any atom is 0.254 e. The fourth-order valence-electron chi connectivity index (χ4n) is 4.07. The number of hydrogen-bond acceptors (Lipinski definition) is 6. The third-order valence-corrected chi connectivity index (χ3v) is 5.41. The molecule has 0 spiro atoms. The van der Waals surface area contributed by atoms with E-state index in [2.05, 4.69) is 14.9 Å². The van der Waals surface area contributed by atoms with Crippen LogP contribution in [0.2, 0.25) is 0 Å². The molecule has 4 rings (SSSR count). The van der Waals surface area contributed by atoms with Crippen molar-refractivity contribution in [2.45, 2.75) is 19.1 Å². The van der Waals surface area contributed by atoms with Crippen molar-refractivity contribution in [3.8, 4) is 0 Å². The van der Waals surface area contributed by atoms with Gasteiger partial charge in [-0.3, -0.25) is 19.5 Å². The molecule has 29 heavy (non-hydrogen) atoms. The molecule has 2 saturated heterocycles. The Hall–Kier alpha value is -2.55. The van der Waals surface area contributed by atoms with Crippen LogP contribution in [0.5, 0.6) is 0 Å². The van der Waals surface area contributed by atoms with Crippen molar-refractivity contribution in [1.82, 2.24) is 19.8 Å². The van der Waals surface area contributed by atoms with Crippen LogP contribution in [-0.4, -0.2) is 77.8 Å². The normalized spacial score (nSPS) is 23.1. The zero-order valence-corrected chi connectivity index (χ0v) is 16.5. The van der Waals surface area contributed by atoms with Crippen LogP contribution in [-0.2, 0) is 9.47 Å². The molecule has 0 unspecified atom stereocenters. The molecular weight excluding hydrogens is 372 g/mol. The lowest BCUT2D eigenvalue weighted by Crippen LogP contribution is -2.53. The molecule has 2 aliphatic rings. The highest BCUT2D eigenvalue weighted by molar-refractivity contribution is 5.94. The molecule has 1 N–H and O–H groups in total. The lowest BCUT2D eigenvalue weighted by Gasteiger charge is -2.43. The number of rotatable bonds is 4. The van der Waals surface area contributed by atoms with Gasteiger partial charge in [-0.2, -0.15) is 0 Å². The van der Waals surface area contributed by atoms with E-state index in [4.69, 9.17) is 9.47 Å². The van der Waals surface area contributed by atoms with Gasteiger partial charge in [0, 0.05) is 55.9 Å².